The summed E-state index contributed by atoms with van der Waals surface area (Å²) in [4.78, 5) is 97.5. The van der Waals surface area contributed by atoms with Crippen LogP contribution in [0.2, 0.25) is 0 Å². The molecule has 2 aliphatic rings. The lowest BCUT2D eigenvalue weighted by Gasteiger charge is -2.17. The molecule has 2 saturated heterocycles. The van der Waals surface area contributed by atoms with Crippen molar-refractivity contribution in [2.75, 3.05) is 39.6 Å². The van der Waals surface area contributed by atoms with Gasteiger partial charge in [0.2, 0.25) is 0 Å². The number of fused-ring (bicyclic) bond motifs is 1. The Bertz CT molecular complexity index is 2250. The van der Waals surface area contributed by atoms with Gasteiger partial charge in [0.05, 0.1) is 36.0 Å². The first-order valence-electron chi connectivity index (χ1n) is 20.0. The average molecular weight is 909 g/mol. The van der Waals surface area contributed by atoms with Crippen molar-refractivity contribution in [2.24, 2.45) is 5.92 Å². The molecule has 342 valence electrons. The normalized spacial score (nSPS) is 16.8. The zero-order chi connectivity index (χ0) is 47.0. The van der Waals surface area contributed by atoms with E-state index in [0.717, 1.165) is 12.2 Å². The molecule has 0 aliphatic carbocycles. The van der Waals surface area contributed by atoms with Crippen molar-refractivity contribution >= 4 is 47.9 Å². The van der Waals surface area contributed by atoms with Crippen LogP contribution >= 0.6 is 0 Å². The molecule has 0 spiro atoms. The third-order valence-corrected chi connectivity index (χ3v) is 9.51. The van der Waals surface area contributed by atoms with Gasteiger partial charge in [-0.15, -0.1) is 0 Å². The second-order valence-electron chi connectivity index (χ2n) is 13.9. The van der Waals surface area contributed by atoms with Crippen LogP contribution in [0.25, 0.3) is 0 Å². The number of benzene rings is 4. The number of ether oxygens (including phenoxy) is 11. The smallest absolute Gasteiger partial charge is 0.459 e. The molecule has 0 N–H and O–H groups in total. The van der Waals surface area contributed by atoms with Gasteiger partial charge in [0.1, 0.15) is 55.5 Å². The predicted molar refractivity (Wildman–Crippen MR) is 223 cm³/mol. The largest absolute Gasteiger partial charge is 0.513 e. The van der Waals surface area contributed by atoms with Crippen molar-refractivity contribution in [2.45, 2.75) is 24.7 Å². The van der Waals surface area contributed by atoms with Gasteiger partial charge in [0, 0.05) is 30.1 Å². The van der Waals surface area contributed by atoms with E-state index in [-0.39, 0.29) is 97.5 Å². The molecule has 0 unspecified atom stereocenters. The van der Waals surface area contributed by atoms with Crippen molar-refractivity contribution < 1.29 is 90.5 Å². The Balaban J connectivity index is 0.900. The van der Waals surface area contributed by atoms with Crippen molar-refractivity contribution in [3.63, 3.8) is 0 Å². The lowest BCUT2D eigenvalue weighted by molar-refractivity contribution is -0.139. The second-order valence-corrected chi connectivity index (χ2v) is 13.9. The molecule has 19 nitrogen and oxygen atoms in total. The number of Topliss-reactive ketones (excluding diaryl/α,β-unsaturated/α-hetero) is 1. The minimum absolute atomic E-state index is 0.0542. The van der Waals surface area contributed by atoms with Gasteiger partial charge in [-0.3, -0.25) is 4.79 Å². The average Bonchev–Trinajstić information content (AvgIpc) is 3.92. The predicted octanol–water partition coefficient (Wildman–Crippen LogP) is 5.83. The Morgan fingerprint density at radius 2 is 0.848 bits per heavy atom. The molecule has 19 heteroatoms. The molecule has 0 radical (unpaired) electrons. The second kappa shape index (κ2) is 23.0. The minimum Gasteiger partial charge on any atom is -0.459 e. The van der Waals surface area contributed by atoms with E-state index in [4.69, 9.17) is 52.1 Å². The van der Waals surface area contributed by atoms with Crippen LogP contribution in [0.5, 0.6) is 23.0 Å². The zero-order valence-electron chi connectivity index (χ0n) is 34.8. The standard InChI is InChI=1S/C47H40O19/c1-3-39(49)56-21-23-58-46(54)64-35-17-9-29(10-18-35)43(51)62-33-13-5-28(6-14-33)37(48)25-32-26-60-42-38(27-61-41(32)42)66-45(53)31-7-15-34(16-8-31)63-44(52)30-11-19-36(20-12-30)65-47(55)59-24-22-57-40(50)4-2/h3-20,32,38,41-42H,1-2,21-27H2/t32-,38-,41+,42+/m1/s1. The van der Waals surface area contributed by atoms with Crippen molar-refractivity contribution in [1.82, 2.24) is 0 Å². The number of hydrogen-bond acceptors (Lipinski definition) is 19. The van der Waals surface area contributed by atoms with Crippen molar-refractivity contribution in [3.8, 4) is 23.0 Å². The van der Waals surface area contributed by atoms with Gasteiger partial charge in [-0.05, 0) is 97.1 Å². The van der Waals surface area contributed by atoms with Crippen LogP contribution in [-0.2, 0) is 42.7 Å². The molecule has 0 amide bonds. The number of ketones is 1. The molecule has 0 bridgehead atoms. The van der Waals surface area contributed by atoms with Gasteiger partial charge in [-0.1, -0.05) is 13.2 Å². The topological polar surface area (TPSA) is 238 Å². The lowest BCUT2D eigenvalue weighted by Crippen LogP contribution is -2.33. The number of carbonyl (C=O) groups is 8. The first kappa shape index (κ1) is 47.3. The van der Waals surface area contributed by atoms with Crippen LogP contribution in [0.3, 0.4) is 0 Å². The van der Waals surface area contributed by atoms with Gasteiger partial charge in [-0.2, -0.15) is 0 Å². The Kier molecular flexibility index (Phi) is 16.5. The number of carbonyl (C=O) groups excluding carboxylic acids is 8. The Hall–Kier alpha value is -8.16. The van der Waals surface area contributed by atoms with E-state index < -0.39 is 60.5 Å². The first-order chi connectivity index (χ1) is 31.9. The lowest BCUT2D eigenvalue weighted by atomic mass is 9.93. The highest BCUT2D eigenvalue weighted by Gasteiger charge is 2.49. The zero-order valence-corrected chi connectivity index (χ0v) is 34.8. The highest BCUT2D eigenvalue weighted by molar-refractivity contribution is 5.97. The summed E-state index contributed by atoms with van der Waals surface area (Å²) in [5.41, 5.74) is 0.839. The molecule has 0 saturated carbocycles. The van der Waals surface area contributed by atoms with Crippen LogP contribution in [-0.4, -0.2) is 106 Å². The monoisotopic (exact) mass is 908 g/mol. The molecule has 6 rings (SSSR count). The summed E-state index contributed by atoms with van der Waals surface area (Å²) in [5, 5.41) is 0. The van der Waals surface area contributed by atoms with E-state index in [9.17, 15) is 38.4 Å². The van der Waals surface area contributed by atoms with E-state index in [0.29, 0.717) is 5.56 Å². The van der Waals surface area contributed by atoms with E-state index in [1.54, 1.807) is 0 Å². The Labute approximate surface area is 375 Å². The number of rotatable bonds is 19. The number of esters is 5. The quantitative estimate of drug-likeness (QED) is 0.0205. The maximum absolute atomic E-state index is 13.3. The van der Waals surface area contributed by atoms with Crippen LogP contribution < -0.4 is 18.9 Å². The fourth-order valence-electron chi connectivity index (χ4n) is 6.30. The van der Waals surface area contributed by atoms with Gasteiger partial charge < -0.3 is 52.1 Å². The molecule has 66 heavy (non-hydrogen) atoms. The first-order valence-corrected chi connectivity index (χ1v) is 20.0. The molecular formula is C47H40O19. The summed E-state index contributed by atoms with van der Waals surface area (Å²) in [6.07, 6.45) is -1.89. The maximum atomic E-state index is 13.3. The fraction of sp³-hybridized carbons (Fsp3) is 0.234. The van der Waals surface area contributed by atoms with Crippen LogP contribution in [0, 0.1) is 5.92 Å². The van der Waals surface area contributed by atoms with Gasteiger partial charge in [-0.25, -0.2) is 33.6 Å². The summed E-state index contributed by atoms with van der Waals surface area (Å²) in [6.45, 7) is 5.94. The summed E-state index contributed by atoms with van der Waals surface area (Å²) in [6, 6.07) is 22.7. The molecule has 4 atom stereocenters. The van der Waals surface area contributed by atoms with Crippen LogP contribution in [0.15, 0.2) is 122 Å². The fourth-order valence-corrected chi connectivity index (χ4v) is 6.30. The van der Waals surface area contributed by atoms with E-state index in [2.05, 4.69) is 13.2 Å². The van der Waals surface area contributed by atoms with Crippen molar-refractivity contribution in [3.05, 3.63) is 145 Å². The molecule has 4 aromatic carbocycles. The van der Waals surface area contributed by atoms with E-state index >= 15 is 0 Å². The van der Waals surface area contributed by atoms with Gasteiger partial charge >= 0.3 is 42.2 Å². The molecule has 2 aliphatic heterocycles. The summed E-state index contributed by atoms with van der Waals surface area (Å²) in [7, 11) is 0. The summed E-state index contributed by atoms with van der Waals surface area (Å²) < 4.78 is 57.4. The van der Waals surface area contributed by atoms with Crippen molar-refractivity contribution in [1.29, 1.82) is 0 Å². The highest BCUT2D eigenvalue weighted by atomic mass is 16.7. The van der Waals surface area contributed by atoms with Crippen LogP contribution in [0.4, 0.5) is 9.59 Å². The van der Waals surface area contributed by atoms with Gasteiger partial charge in [0.15, 0.2) is 11.9 Å². The maximum Gasteiger partial charge on any atom is 0.513 e. The molecular weight excluding hydrogens is 868 g/mol. The molecule has 0 aromatic heterocycles. The third kappa shape index (κ3) is 13.4. The van der Waals surface area contributed by atoms with Gasteiger partial charge in [0.25, 0.3) is 0 Å². The Morgan fingerprint density at radius 3 is 1.29 bits per heavy atom. The molecule has 2 fully saturated rings. The summed E-state index contributed by atoms with van der Waals surface area (Å²) >= 11 is 0. The molecule has 2 heterocycles. The van der Waals surface area contributed by atoms with E-state index in [1.165, 1.54) is 97.1 Å². The number of hydrogen-bond donors (Lipinski definition) is 0. The van der Waals surface area contributed by atoms with Crippen LogP contribution in [0.1, 0.15) is 47.9 Å². The SMILES string of the molecule is C=CC(=O)OCCOC(=O)Oc1ccc(C(=O)Oc2ccc(C(=O)C[C@@H]3CO[C@@H]4[C@H]3OC[C@H]4OC(=O)c3ccc(OC(=O)c4ccc(OC(=O)OCCOC(=O)C=C)cc4)cc3)cc2)cc1. The third-order valence-electron chi connectivity index (χ3n) is 9.51. The highest BCUT2D eigenvalue weighted by Crippen LogP contribution is 2.35. The Morgan fingerprint density at radius 1 is 0.470 bits per heavy atom. The molecule has 4 aromatic rings. The van der Waals surface area contributed by atoms with E-state index in [1.807, 2.05) is 0 Å². The summed E-state index contributed by atoms with van der Waals surface area (Å²) in [5.74, 6) is -3.42. The minimum atomic E-state index is -1.04.